The van der Waals surface area contributed by atoms with E-state index in [1.165, 1.54) is 11.8 Å². The second kappa shape index (κ2) is 6.33. The molecule has 0 aliphatic carbocycles. The van der Waals surface area contributed by atoms with E-state index in [0.717, 1.165) is 6.54 Å². The lowest BCUT2D eigenvalue weighted by molar-refractivity contribution is -0.153. The summed E-state index contributed by atoms with van der Waals surface area (Å²) in [6.07, 6.45) is -4.51. The van der Waals surface area contributed by atoms with Crippen LogP contribution < -0.4 is 5.32 Å². The lowest BCUT2D eigenvalue weighted by Crippen LogP contribution is -2.52. The van der Waals surface area contributed by atoms with Gasteiger partial charge in [0.2, 0.25) is 5.91 Å². The molecule has 1 aliphatic heterocycles. The molecule has 1 fully saturated rings. The van der Waals surface area contributed by atoms with E-state index in [-0.39, 0.29) is 23.9 Å². The average Bonchev–Trinajstić information content (AvgIpc) is 2.22. The van der Waals surface area contributed by atoms with Gasteiger partial charge in [0, 0.05) is 39.0 Å². The topological polar surface area (TPSA) is 32.3 Å². The first-order chi connectivity index (χ1) is 8.96. The lowest BCUT2D eigenvalue weighted by Gasteiger charge is -2.39. The number of hydrogen-bond acceptors (Lipinski definition) is 2. The SMILES string of the molecule is CC(=O)N1CC(CC(F)(F)F)CC(NCC(C)(C)C)C1. The van der Waals surface area contributed by atoms with Gasteiger partial charge < -0.3 is 10.2 Å². The number of hydrogen-bond donors (Lipinski definition) is 1. The van der Waals surface area contributed by atoms with Crippen LogP contribution in [0.5, 0.6) is 0 Å². The number of rotatable bonds is 3. The number of alkyl halides is 3. The number of nitrogens with zero attached hydrogens (tertiary/aromatic N) is 1. The molecule has 0 saturated carbocycles. The molecule has 1 saturated heterocycles. The molecule has 0 spiro atoms. The van der Waals surface area contributed by atoms with Crippen molar-refractivity contribution in [2.24, 2.45) is 11.3 Å². The Hall–Kier alpha value is -0.780. The Labute approximate surface area is 118 Å². The highest BCUT2D eigenvalue weighted by atomic mass is 19.4. The van der Waals surface area contributed by atoms with E-state index in [9.17, 15) is 18.0 Å². The first-order valence-electron chi connectivity index (χ1n) is 7.02. The molecule has 1 N–H and O–H groups in total. The molecule has 0 radical (unpaired) electrons. The fourth-order valence-corrected chi connectivity index (χ4v) is 2.53. The third-order valence-corrected chi connectivity index (χ3v) is 3.42. The Morgan fingerprint density at radius 1 is 1.25 bits per heavy atom. The molecular formula is C14H25F3N2O. The molecule has 1 amide bonds. The van der Waals surface area contributed by atoms with Crippen LogP contribution in [0.4, 0.5) is 13.2 Å². The van der Waals surface area contributed by atoms with Crippen LogP contribution >= 0.6 is 0 Å². The Morgan fingerprint density at radius 2 is 1.85 bits per heavy atom. The van der Waals surface area contributed by atoms with Crippen molar-refractivity contribution in [2.45, 2.75) is 52.8 Å². The van der Waals surface area contributed by atoms with Crippen LogP contribution in [0, 0.1) is 11.3 Å². The summed E-state index contributed by atoms with van der Waals surface area (Å²) in [7, 11) is 0. The summed E-state index contributed by atoms with van der Waals surface area (Å²) in [5.41, 5.74) is 0.0675. The molecule has 1 heterocycles. The predicted octanol–water partition coefficient (Wildman–Crippen LogP) is 2.81. The molecule has 6 heteroatoms. The van der Waals surface area contributed by atoms with Crippen molar-refractivity contribution in [3.63, 3.8) is 0 Å². The Balaban J connectivity index is 2.63. The smallest absolute Gasteiger partial charge is 0.341 e. The van der Waals surface area contributed by atoms with E-state index in [1.807, 2.05) is 0 Å². The van der Waals surface area contributed by atoms with Crippen LogP contribution in [0.2, 0.25) is 0 Å². The molecule has 118 valence electrons. The van der Waals surface area contributed by atoms with Crippen LogP contribution in [0.25, 0.3) is 0 Å². The monoisotopic (exact) mass is 294 g/mol. The standard InChI is InChI=1S/C14H25F3N2O/c1-10(20)19-7-11(6-14(15,16)17)5-12(8-19)18-9-13(2,3)4/h11-12,18H,5-9H2,1-4H3. The molecule has 1 aliphatic rings. The molecule has 3 nitrogen and oxygen atoms in total. The van der Waals surface area contributed by atoms with Gasteiger partial charge in [-0.15, -0.1) is 0 Å². The average molecular weight is 294 g/mol. The molecule has 20 heavy (non-hydrogen) atoms. The first-order valence-corrected chi connectivity index (χ1v) is 7.02. The van der Waals surface area contributed by atoms with E-state index in [4.69, 9.17) is 0 Å². The molecular weight excluding hydrogens is 269 g/mol. The molecule has 0 bridgehead atoms. The summed E-state index contributed by atoms with van der Waals surface area (Å²) in [4.78, 5) is 13.0. The van der Waals surface area contributed by atoms with E-state index in [0.29, 0.717) is 13.0 Å². The van der Waals surface area contributed by atoms with Gasteiger partial charge in [-0.1, -0.05) is 20.8 Å². The molecule has 0 aromatic carbocycles. The van der Waals surface area contributed by atoms with Crippen molar-refractivity contribution in [3.05, 3.63) is 0 Å². The van der Waals surface area contributed by atoms with E-state index >= 15 is 0 Å². The second-order valence-corrected chi connectivity index (χ2v) is 6.98. The van der Waals surface area contributed by atoms with E-state index in [1.54, 1.807) is 0 Å². The fraction of sp³-hybridized carbons (Fsp3) is 0.929. The third kappa shape index (κ3) is 6.59. The van der Waals surface area contributed by atoms with Gasteiger partial charge in [-0.25, -0.2) is 0 Å². The summed E-state index contributed by atoms with van der Waals surface area (Å²) in [5.74, 6) is -0.662. The van der Waals surface area contributed by atoms with Crippen molar-refractivity contribution in [3.8, 4) is 0 Å². The minimum Gasteiger partial charge on any atom is -0.341 e. The quantitative estimate of drug-likeness (QED) is 0.868. The summed E-state index contributed by atoms with van der Waals surface area (Å²) < 4.78 is 37.6. The molecule has 2 unspecified atom stereocenters. The van der Waals surface area contributed by atoms with Crippen molar-refractivity contribution in [1.29, 1.82) is 0 Å². The Morgan fingerprint density at radius 3 is 2.30 bits per heavy atom. The maximum absolute atomic E-state index is 12.5. The largest absolute Gasteiger partial charge is 0.389 e. The number of carbonyl (C=O) groups excluding carboxylic acids is 1. The second-order valence-electron chi connectivity index (χ2n) is 6.98. The van der Waals surface area contributed by atoms with Gasteiger partial charge in [-0.05, 0) is 17.8 Å². The van der Waals surface area contributed by atoms with Crippen LogP contribution in [-0.4, -0.2) is 42.7 Å². The van der Waals surface area contributed by atoms with Crippen LogP contribution in [0.15, 0.2) is 0 Å². The van der Waals surface area contributed by atoms with Crippen molar-refractivity contribution < 1.29 is 18.0 Å². The van der Waals surface area contributed by atoms with E-state index < -0.39 is 18.5 Å². The minimum absolute atomic E-state index is 0.0563. The number of amides is 1. The Kier molecular flexibility index (Phi) is 5.46. The van der Waals surface area contributed by atoms with Gasteiger partial charge >= 0.3 is 6.18 Å². The fourth-order valence-electron chi connectivity index (χ4n) is 2.53. The van der Waals surface area contributed by atoms with Crippen molar-refractivity contribution in [2.75, 3.05) is 19.6 Å². The maximum Gasteiger partial charge on any atom is 0.389 e. The number of nitrogens with one attached hydrogen (secondary N) is 1. The number of likely N-dealkylation sites (tertiary alicyclic amines) is 1. The predicted molar refractivity (Wildman–Crippen MR) is 72.3 cm³/mol. The summed E-state index contributed by atoms with van der Waals surface area (Å²) in [6, 6.07) is -0.0563. The van der Waals surface area contributed by atoms with Gasteiger partial charge in [0.15, 0.2) is 0 Å². The van der Waals surface area contributed by atoms with Gasteiger partial charge in [0.1, 0.15) is 0 Å². The maximum atomic E-state index is 12.5. The number of halogens is 3. The molecule has 1 rings (SSSR count). The zero-order valence-electron chi connectivity index (χ0n) is 12.7. The highest BCUT2D eigenvalue weighted by Gasteiger charge is 2.37. The first kappa shape index (κ1) is 17.3. The third-order valence-electron chi connectivity index (χ3n) is 3.42. The normalized spacial score (nSPS) is 24.9. The van der Waals surface area contributed by atoms with Gasteiger partial charge in [-0.2, -0.15) is 13.2 Å². The zero-order chi connectivity index (χ0) is 15.6. The summed E-state index contributed by atoms with van der Waals surface area (Å²) in [6.45, 7) is 9.05. The van der Waals surface area contributed by atoms with Gasteiger partial charge in [-0.3, -0.25) is 4.79 Å². The summed E-state index contributed by atoms with van der Waals surface area (Å²) in [5, 5.41) is 3.30. The molecule has 0 aromatic rings. The van der Waals surface area contributed by atoms with Crippen molar-refractivity contribution >= 4 is 5.91 Å². The van der Waals surface area contributed by atoms with Crippen molar-refractivity contribution in [1.82, 2.24) is 10.2 Å². The zero-order valence-corrected chi connectivity index (χ0v) is 12.7. The number of piperidine rings is 1. The lowest BCUT2D eigenvalue weighted by atomic mass is 9.89. The van der Waals surface area contributed by atoms with Crippen LogP contribution in [0.3, 0.4) is 0 Å². The highest BCUT2D eigenvalue weighted by Crippen LogP contribution is 2.30. The van der Waals surface area contributed by atoms with Crippen LogP contribution in [-0.2, 0) is 4.79 Å². The number of carbonyl (C=O) groups is 1. The summed E-state index contributed by atoms with van der Waals surface area (Å²) >= 11 is 0. The molecule has 2 atom stereocenters. The van der Waals surface area contributed by atoms with E-state index in [2.05, 4.69) is 26.1 Å². The van der Waals surface area contributed by atoms with Gasteiger partial charge in [0.25, 0.3) is 0 Å². The molecule has 0 aromatic heterocycles. The Bertz CT molecular complexity index is 336. The van der Waals surface area contributed by atoms with Crippen LogP contribution in [0.1, 0.15) is 40.5 Å². The minimum atomic E-state index is -4.17. The highest BCUT2D eigenvalue weighted by molar-refractivity contribution is 5.73. The van der Waals surface area contributed by atoms with Gasteiger partial charge in [0.05, 0.1) is 0 Å².